The standard InChI is InChI=1S/C22H32NOP/c1-14(2)23(15(3)4)13-19-10-8-9-17(6)22(19)25-20-12-16(5)11-18(7)21(20)24/h8-12,14-15,24-25H,13H2,1-7H3. The Balaban J connectivity index is 2.42. The van der Waals surface area contributed by atoms with Gasteiger partial charge in [0.1, 0.15) is 5.75 Å². The maximum absolute atomic E-state index is 10.5. The summed E-state index contributed by atoms with van der Waals surface area (Å²) in [4.78, 5) is 2.52. The summed E-state index contributed by atoms with van der Waals surface area (Å²) in [5.41, 5.74) is 4.85. The van der Waals surface area contributed by atoms with Crippen molar-refractivity contribution in [2.24, 2.45) is 0 Å². The molecule has 0 aromatic heterocycles. The number of nitrogens with zero attached hydrogens (tertiary/aromatic N) is 1. The number of rotatable bonds is 6. The van der Waals surface area contributed by atoms with Crippen LogP contribution in [-0.4, -0.2) is 22.1 Å². The third-order valence-corrected chi connectivity index (χ3v) is 6.36. The molecular weight excluding hydrogens is 325 g/mol. The zero-order valence-electron chi connectivity index (χ0n) is 16.6. The molecule has 0 aliphatic carbocycles. The maximum atomic E-state index is 10.5. The molecule has 0 heterocycles. The molecule has 25 heavy (non-hydrogen) atoms. The van der Waals surface area contributed by atoms with Gasteiger partial charge in [0.15, 0.2) is 0 Å². The molecular formula is C22H32NOP. The molecule has 2 aromatic rings. The van der Waals surface area contributed by atoms with Gasteiger partial charge in [-0.1, -0.05) is 32.8 Å². The SMILES string of the molecule is Cc1cc(C)c(O)c(Pc2c(C)cccc2CN(C(C)C)C(C)C)c1. The number of aromatic hydroxyl groups is 1. The van der Waals surface area contributed by atoms with Crippen molar-refractivity contribution in [2.75, 3.05) is 0 Å². The van der Waals surface area contributed by atoms with Gasteiger partial charge in [-0.15, -0.1) is 0 Å². The molecule has 0 aliphatic rings. The van der Waals surface area contributed by atoms with Crippen LogP contribution in [0, 0.1) is 20.8 Å². The number of hydrogen-bond acceptors (Lipinski definition) is 2. The summed E-state index contributed by atoms with van der Waals surface area (Å²) in [7, 11) is 0.476. The third kappa shape index (κ3) is 4.84. The summed E-state index contributed by atoms with van der Waals surface area (Å²) in [5, 5.41) is 12.9. The second-order valence-corrected chi connectivity index (χ2v) is 8.86. The van der Waals surface area contributed by atoms with Gasteiger partial charge in [0, 0.05) is 23.9 Å². The van der Waals surface area contributed by atoms with E-state index in [1.807, 2.05) is 13.0 Å². The third-order valence-electron chi connectivity index (χ3n) is 4.74. The van der Waals surface area contributed by atoms with E-state index in [4.69, 9.17) is 0 Å². The van der Waals surface area contributed by atoms with E-state index in [-0.39, 0.29) is 0 Å². The van der Waals surface area contributed by atoms with Crippen molar-refractivity contribution in [3.8, 4) is 5.75 Å². The van der Waals surface area contributed by atoms with Crippen molar-refractivity contribution in [3.63, 3.8) is 0 Å². The van der Waals surface area contributed by atoms with E-state index in [9.17, 15) is 5.11 Å². The Kier molecular flexibility index (Phi) is 6.65. The molecule has 1 unspecified atom stereocenters. The molecule has 0 aliphatic heterocycles. The van der Waals surface area contributed by atoms with E-state index in [1.54, 1.807) is 0 Å². The molecule has 136 valence electrons. The Labute approximate surface area is 155 Å². The highest BCUT2D eigenvalue weighted by molar-refractivity contribution is 7.56. The Morgan fingerprint density at radius 3 is 2.20 bits per heavy atom. The lowest BCUT2D eigenvalue weighted by atomic mass is 10.1. The fraction of sp³-hybridized carbons (Fsp3) is 0.455. The number of hydrogen-bond donors (Lipinski definition) is 1. The normalized spacial score (nSPS) is 12.2. The molecule has 2 rings (SSSR count). The Bertz CT molecular complexity index is 729. The molecule has 2 aromatic carbocycles. The van der Waals surface area contributed by atoms with E-state index in [0.29, 0.717) is 26.4 Å². The lowest BCUT2D eigenvalue weighted by Gasteiger charge is -2.31. The van der Waals surface area contributed by atoms with Crippen LogP contribution in [-0.2, 0) is 6.54 Å². The van der Waals surface area contributed by atoms with Crippen LogP contribution in [0.25, 0.3) is 0 Å². The summed E-state index contributed by atoms with van der Waals surface area (Å²) < 4.78 is 0. The van der Waals surface area contributed by atoms with E-state index in [2.05, 4.69) is 70.7 Å². The van der Waals surface area contributed by atoms with Gasteiger partial charge in [-0.25, -0.2) is 0 Å². The summed E-state index contributed by atoms with van der Waals surface area (Å²) in [6, 6.07) is 11.8. The predicted molar refractivity (Wildman–Crippen MR) is 112 cm³/mol. The topological polar surface area (TPSA) is 23.5 Å². The first kappa shape index (κ1) is 19.9. The van der Waals surface area contributed by atoms with Crippen molar-refractivity contribution < 1.29 is 5.11 Å². The van der Waals surface area contributed by atoms with Crippen molar-refractivity contribution in [3.05, 3.63) is 52.6 Å². The van der Waals surface area contributed by atoms with E-state index >= 15 is 0 Å². The number of benzene rings is 2. The smallest absolute Gasteiger partial charge is 0.126 e. The first-order valence-corrected chi connectivity index (χ1v) is 10.1. The van der Waals surface area contributed by atoms with Gasteiger partial charge >= 0.3 is 0 Å². The number of phenols is 1. The first-order valence-electron chi connectivity index (χ1n) is 9.12. The summed E-state index contributed by atoms with van der Waals surface area (Å²) in [5.74, 6) is 0.447. The minimum absolute atomic E-state index is 0.447. The molecule has 0 bridgehead atoms. The fourth-order valence-electron chi connectivity index (χ4n) is 3.39. The minimum Gasteiger partial charge on any atom is -0.507 e. The second-order valence-electron chi connectivity index (χ2n) is 7.57. The van der Waals surface area contributed by atoms with Crippen LogP contribution in [0.15, 0.2) is 30.3 Å². The predicted octanol–water partition coefficient (Wildman–Crippen LogP) is 4.57. The fourth-order valence-corrected chi connectivity index (χ4v) is 4.88. The molecule has 0 amide bonds. The Morgan fingerprint density at radius 2 is 1.60 bits per heavy atom. The van der Waals surface area contributed by atoms with Crippen LogP contribution >= 0.6 is 8.58 Å². The molecule has 0 saturated carbocycles. The molecule has 3 heteroatoms. The maximum Gasteiger partial charge on any atom is 0.126 e. The van der Waals surface area contributed by atoms with Crippen LogP contribution in [0.2, 0.25) is 0 Å². The quantitative estimate of drug-likeness (QED) is 0.766. The average molecular weight is 357 g/mol. The second kappa shape index (κ2) is 8.34. The van der Waals surface area contributed by atoms with E-state index < -0.39 is 0 Å². The average Bonchev–Trinajstić information content (AvgIpc) is 2.51. The van der Waals surface area contributed by atoms with Gasteiger partial charge in [0.05, 0.1) is 0 Å². The van der Waals surface area contributed by atoms with E-state index in [0.717, 1.165) is 17.4 Å². The van der Waals surface area contributed by atoms with Crippen LogP contribution in [0.5, 0.6) is 5.75 Å². The van der Waals surface area contributed by atoms with Gasteiger partial charge in [-0.05, 0) is 82.1 Å². The lowest BCUT2D eigenvalue weighted by Crippen LogP contribution is -2.37. The van der Waals surface area contributed by atoms with Gasteiger partial charge in [0.2, 0.25) is 0 Å². The molecule has 0 fully saturated rings. The van der Waals surface area contributed by atoms with Gasteiger partial charge in [-0.3, -0.25) is 4.90 Å². The zero-order valence-corrected chi connectivity index (χ0v) is 17.6. The first-order chi connectivity index (χ1) is 11.7. The summed E-state index contributed by atoms with van der Waals surface area (Å²) in [6.45, 7) is 16.2. The molecule has 0 spiro atoms. The molecule has 1 N–H and O–H groups in total. The largest absolute Gasteiger partial charge is 0.507 e. The van der Waals surface area contributed by atoms with Crippen molar-refractivity contribution in [1.82, 2.24) is 4.90 Å². The number of aryl methyl sites for hydroxylation is 3. The molecule has 1 atom stereocenters. The Morgan fingerprint density at radius 1 is 0.960 bits per heavy atom. The zero-order chi connectivity index (χ0) is 18.7. The minimum atomic E-state index is 0.447. The number of phenolic OH excluding ortho intramolecular Hbond substituents is 1. The van der Waals surface area contributed by atoms with E-state index in [1.165, 1.54) is 22.0 Å². The highest BCUT2D eigenvalue weighted by Gasteiger charge is 2.17. The molecule has 0 saturated heterocycles. The monoisotopic (exact) mass is 357 g/mol. The van der Waals surface area contributed by atoms with Crippen LogP contribution < -0.4 is 10.6 Å². The van der Waals surface area contributed by atoms with Gasteiger partial charge < -0.3 is 5.11 Å². The molecule has 2 nitrogen and oxygen atoms in total. The Hall–Kier alpha value is -1.37. The van der Waals surface area contributed by atoms with Crippen LogP contribution in [0.1, 0.15) is 49.9 Å². The van der Waals surface area contributed by atoms with Crippen molar-refractivity contribution in [2.45, 2.75) is 67.1 Å². The van der Waals surface area contributed by atoms with Crippen molar-refractivity contribution in [1.29, 1.82) is 0 Å². The van der Waals surface area contributed by atoms with Crippen LogP contribution in [0.3, 0.4) is 0 Å². The summed E-state index contributed by atoms with van der Waals surface area (Å²) in [6.07, 6.45) is 0. The van der Waals surface area contributed by atoms with Crippen LogP contribution in [0.4, 0.5) is 0 Å². The highest BCUT2D eigenvalue weighted by atomic mass is 31.1. The summed E-state index contributed by atoms with van der Waals surface area (Å²) >= 11 is 0. The molecule has 0 radical (unpaired) electrons. The van der Waals surface area contributed by atoms with Crippen molar-refractivity contribution >= 4 is 19.2 Å². The van der Waals surface area contributed by atoms with Gasteiger partial charge in [-0.2, -0.15) is 0 Å². The lowest BCUT2D eigenvalue weighted by molar-refractivity contribution is 0.166. The van der Waals surface area contributed by atoms with Gasteiger partial charge in [0.25, 0.3) is 0 Å². The highest BCUT2D eigenvalue weighted by Crippen LogP contribution is 2.26.